The molecule has 4 rings (SSSR count). The number of carbonyl (C=O) groups is 1. The molecule has 1 N–H and O–H groups in total. The molecule has 7 nitrogen and oxygen atoms in total. The Labute approximate surface area is 192 Å². The van der Waals surface area contributed by atoms with Gasteiger partial charge in [0.2, 0.25) is 0 Å². The van der Waals surface area contributed by atoms with Crippen LogP contribution in [0.5, 0.6) is 0 Å². The second-order valence-electron chi connectivity index (χ2n) is 8.22. The van der Waals surface area contributed by atoms with Crippen LogP contribution < -0.4 is 10.9 Å². The molecule has 1 aliphatic heterocycles. The molecule has 8 heteroatoms. The molecule has 2 amide bonds. The van der Waals surface area contributed by atoms with Gasteiger partial charge in [-0.2, -0.15) is 0 Å². The smallest absolute Gasteiger partial charge is 0.319 e. The lowest BCUT2D eigenvalue weighted by Gasteiger charge is -2.42. The number of carbonyl (C=O) groups excluding carboxylic acids is 1. The second-order valence-corrected chi connectivity index (χ2v) is 9.10. The highest BCUT2D eigenvalue weighted by atomic mass is 32.2. The van der Waals surface area contributed by atoms with Gasteiger partial charge in [0.05, 0.1) is 16.9 Å². The molecule has 1 aliphatic rings. The molecule has 0 bridgehead atoms. The summed E-state index contributed by atoms with van der Waals surface area (Å²) in [5.74, 6) is 0.743. The number of hydrogen-bond acceptors (Lipinski definition) is 5. The molecule has 1 fully saturated rings. The number of urea groups is 1. The van der Waals surface area contributed by atoms with Gasteiger partial charge in [-0.15, -0.1) is 11.8 Å². The van der Waals surface area contributed by atoms with Crippen molar-refractivity contribution in [2.45, 2.75) is 30.8 Å². The standard InChI is InChI=1S/C24H29N5O2S/c1-16-15-28(13-14-29(16)24(31)25-18-9-11-19(32-4)12-10-18)17(2)22-26-21-8-6-5-7-20(21)23(30)27(22)3/h5-12,16-17H,13-15H2,1-4H3,(H,25,31). The summed E-state index contributed by atoms with van der Waals surface area (Å²) in [7, 11) is 1.78. The normalized spacial score (nSPS) is 18.0. The highest BCUT2D eigenvalue weighted by Gasteiger charge is 2.31. The summed E-state index contributed by atoms with van der Waals surface area (Å²) in [5, 5.41) is 3.64. The molecule has 0 saturated carbocycles. The van der Waals surface area contributed by atoms with Crippen molar-refractivity contribution < 1.29 is 4.79 Å². The SMILES string of the molecule is CSc1ccc(NC(=O)N2CCN(C(C)c3nc4ccccc4c(=O)n3C)CC2C)cc1. The highest BCUT2D eigenvalue weighted by Crippen LogP contribution is 2.24. The maximum absolute atomic E-state index is 12.9. The van der Waals surface area contributed by atoms with Crippen molar-refractivity contribution in [2.24, 2.45) is 7.05 Å². The van der Waals surface area contributed by atoms with Crippen LogP contribution in [-0.4, -0.2) is 57.3 Å². The lowest BCUT2D eigenvalue weighted by atomic mass is 10.1. The van der Waals surface area contributed by atoms with Crippen molar-refractivity contribution in [1.82, 2.24) is 19.4 Å². The monoisotopic (exact) mass is 451 g/mol. The van der Waals surface area contributed by atoms with Crippen LogP contribution in [-0.2, 0) is 7.05 Å². The van der Waals surface area contributed by atoms with Crippen molar-refractivity contribution in [3.8, 4) is 0 Å². The molecular weight excluding hydrogens is 422 g/mol. The predicted octanol–water partition coefficient (Wildman–Crippen LogP) is 3.95. The number of piperazine rings is 1. The van der Waals surface area contributed by atoms with Gasteiger partial charge in [-0.25, -0.2) is 9.78 Å². The molecule has 1 aromatic heterocycles. The summed E-state index contributed by atoms with van der Waals surface area (Å²) in [6.45, 7) is 6.17. The van der Waals surface area contributed by atoms with Crippen LogP contribution in [0.25, 0.3) is 10.9 Å². The quantitative estimate of drug-likeness (QED) is 0.608. The van der Waals surface area contributed by atoms with Crippen LogP contribution >= 0.6 is 11.8 Å². The molecule has 168 valence electrons. The number of thioether (sulfide) groups is 1. The van der Waals surface area contributed by atoms with Crippen LogP contribution in [0.15, 0.2) is 58.2 Å². The minimum Gasteiger partial charge on any atom is -0.319 e. The van der Waals surface area contributed by atoms with Crippen LogP contribution in [0.4, 0.5) is 10.5 Å². The van der Waals surface area contributed by atoms with Gasteiger partial charge in [0, 0.05) is 43.3 Å². The fourth-order valence-corrected chi connectivity index (χ4v) is 4.69. The first-order chi connectivity index (χ1) is 15.4. The predicted molar refractivity (Wildman–Crippen MR) is 130 cm³/mol. The van der Waals surface area contributed by atoms with Gasteiger partial charge in [0.25, 0.3) is 5.56 Å². The molecule has 2 atom stereocenters. The topological polar surface area (TPSA) is 70.5 Å². The summed E-state index contributed by atoms with van der Waals surface area (Å²) in [6, 6.07) is 15.2. The number of rotatable bonds is 4. The van der Waals surface area contributed by atoms with E-state index in [0.717, 1.165) is 21.9 Å². The first-order valence-corrected chi connectivity index (χ1v) is 12.0. The number of amides is 2. The van der Waals surface area contributed by atoms with E-state index in [9.17, 15) is 9.59 Å². The van der Waals surface area contributed by atoms with Crippen molar-refractivity contribution in [2.75, 3.05) is 31.2 Å². The van der Waals surface area contributed by atoms with Crippen molar-refractivity contribution in [3.05, 3.63) is 64.7 Å². The van der Waals surface area contributed by atoms with Crippen LogP contribution in [0.2, 0.25) is 0 Å². The van der Waals surface area contributed by atoms with Crippen molar-refractivity contribution in [1.29, 1.82) is 0 Å². The maximum Gasteiger partial charge on any atom is 0.322 e. The minimum atomic E-state index is -0.0852. The van der Waals surface area contributed by atoms with Crippen molar-refractivity contribution >= 4 is 34.4 Å². The Hall–Kier alpha value is -2.84. The molecule has 2 aromatic carbocycles. The first-order valence-electron chi connectivity index (χ1n) is 10.8. The van der Waals surface area contributed by atoms with Crippen molar-refractivity contribution in [3.63, 3.8) is 0 Å². The maximum atomic E-state index is 12.9. The largest absolute Gasteiger partial charge is 0.322 e. The molecule has 0 aliphatic carbocycles. The van der Waals surface area contributed by atoms with Gasteiger partial charge in [-0.3, -0.25) is 14.3 Å². The van der Waals surface area contributed by atoms with E-state index in [0.29, 0.717) is 25.0 Å². The Bertz CT molecular complexity index is 1180. The van der Waals surface area contributed by atoms with E-state index in [1.165, 1.54) is 0 Å². The fourth-order valence-electron chi connectivity index (χ4n) is 4.28. The second kappa shape index (κ2) is 9.34. The summed E-state index contributed by atoms with van der Waals surface area (Å²) < 4.78 is 1.65. The summed E-state index contributed by atoms with van der Waals surface area (Å²) in [4.78, 5) is 35.8. The number of aromatic nitrogens is 2. The van der Waals surface area contributed by atoms with E-state index < -0.39 is 0 Å². The molecule has 1 saturated heterocycles. The molecule has 32 heavy (non-hydrogen) atoms. The molecule has 2 unspecified atom stereocenters. The van der Waals surface area contributed by atoms with E-state index in [4.69, 9.17) is 4.98 Å². The van der Waals surface area contributed by atoms with E-state index in [-0.39, 0.29) is 23.7 Å². The summed E-state index contributed by atoms with van der Waals surface area (Å²) >= 11 is 1.67. The van der Waals surface area contributed by atoms with E-state index >= 15 is 0 Å². The number of hydrogen-bond donors (Lipinski definition) is 1. The van der Waals surface area contributed by atoms with E-state index in [1.807, 2.05) is 59.7 Å². The average molecular weight is 452 g/mol. The van der Waals surface area contributed by atoms with Gasteiger partial charge in [-0.05, 0) is 56.5 Å². The van der Waals surface area contributed by atoms with Crippen LogP contribution in [0, 0.1) is 0 Å². The number of nitrogens with one attached hydrogen (secondary N) is 1. The molecule has 3 aromatic rings. The van der Waals surface area contributed by atoms with Gasteiger partial charge in [0.15, 0.2) is 0 Å². The Kier molecular flexibility index (Phi) is 6.53. The van der Waals surface area contributed by atoms with Gasteiger partial charge < -0.3 is 10.2 Å². The molecule has 0 spiro atoms. The zero-order chi connectivity index (χ0) is 22.8. The van der Waals surface area contributed by atoms with E-state index in [1.54, 1.807) is 23.4 Å². The number of para-hydroxylation sites is 1. The van der Waals surface area contributed by atoms with Gasteiger partial charge in [0.1, 0.15) is 5.82 Å². The fraction of sp³-hybridized carbons (Fsp3) is 0.375. The Morgan fingerprint density at radius 2 is 1.88 bits per heavy atom. The minimum absolute atomic E-state index is 0.0315. The van der Waals surface area contributed by atoms with E-state index in [2.05, 4.69) is 24.1 Å². The number of anilines is 1. The van der Waals surface area contributed by atoms with Gasteiger partial charge in [-0.1, -0.05) is 12.1 Å². The Morgan fingerprint density at radius 3 is 2.56 bits per heavy atom. The molecule has 0 radical (unpaired) electrons. The number of nitrogens with zero attached hydrogens (tertiary/aromatic N) is 4. The third-order valence-electron chi connectivity index (χ3n) is 6.20. The average Bonchev–Trinajstić information content (AvgIpc) is 2.81. The first kappa shape index (κ1) is 22.4. The third-order valence-corrected chi connectivity index (χ3v) is 6.94. The van der Waals surface area contributed by atoms with Crippen LogP contribution in [0.1, 0.15) is 25.7 Å². The third kappa shape index (κ3) is 4.38. The lowest BCUT2D eigenvalue weighted by molar-refractivity contribution is 0.0796. The highest BCUT2D eigenvalue weighted by molar-refractivity contribution is 7.98. The van der Waals surface area contributed by atoms with Crippen LogP contribution in [0.3, 0.4) is 0 Å². The zero-order valence-corrected chi connectivity index (χ0v) is 19.7. The summed E-state index contributed by atoms with van der Waals surface area (Å²) in [6.07, 6.45) is 2.03. The number of benzene rings is 2. The van der Waals surface area contributed by atoms with Gasteiger partial charge >= 0.3 is 6.03 Å². The Balaban J connectivity index is 1.46. The summed E-state index contributed by atoms with van der Waals surface area (Å²) in [5.41, 5.74) is 1.48. The molecule has 2 heterocycles. The molecular formula is C24H29N5O2S. The zero-order valence-electron chi connectivity index (χ0n) is 18.9. The Morgan fingerprint density at radius 1 is 1.16 bits per heavy atom. The lowest BCUT2D eigenvalue weighted by Crippen LogP contribution is -2.55. The number of fused-ring (bicyclic) bond motifs is 1.